The van der Waals surface area contributed by atoms with Crippen LogP contribution in [-0.4, -0.2) is 35.8 Å². The molecule has 1 aliphatic heterocycles. The quantitative estimate of drug-likeness (QED) is 0.803. The summed E-state index contributed by atoms with van der Waals surface area (Å²) in [4.78, 5) is 25.8. The zero-order valence-electron chi connectivity index (χ0n) is 12.0. The molecule has 0 radical (unpaired) electrons. The molecule has 1 N–H and O–H groups in total. The molecule has 4 nitrogen and oxygen atoms in total. The zero-order valence-corrected chi connectivity index (χ0v) is 12.0. The molecule has 4 heteroatoms. The van der Waals surface area contributed by atoms with E-state index in [9.17, 15) is 9.59 Å². The lowest BCUT2D eigenvalue weighted by Crippen LogP contribution is -2.58. The Morgan fingerprint density at radius 2 is 1.95 bits per heavy atom. The van der Waals surface area contributed by atoms with Gasteiger partial charge in [-0.3, -0.25) is 9.59 Å². The first kappa shape index (κ1) is 14.6. The van der Waals surface area contributed by atoms with Gasteiger partial charge in [-0.1, -0.05) is 50.1 Å². The van der Waals surface area contributed by atoms with Gasteiger partial charge in [0.2, 0.25) is 11.8 Å². The molecule has 2 rings (SSSR count). The van der Waals surface area contributed by atoms with E-state index < -0.39 is 6.04 Å². The van der Waals surface area contributed by atoms with E-state index in [0.29, 0.717) is 13.0 Å². The van der Waals surface area contributed by atoms with Gasteiger partial charge < -0.3 is 10.2 Å². The van der Waals surface area contributed by atoms with E-state index in [1.807, 2.05) is 30.3 Å². The van der Waals surface area contributed by atoms with Gasteiger partial charge in [0.15, 0.2) is 0 Å². The van der Waals surface area contributed by atoms with Crippen LogP contribution in [0.1, 0.15) is 31.7 Å². The Morgan fingerprint density at radius 1 is 1.20 bits per heavy atom. The van der Waals surface area contributed by atoms with Crippen LogP contribution in [0.2, 0.25) is 0 Å². The van der Waals surface area contributed by atoms with E-state index in [1.54, 1.807) is 4.90 Å². The maximum atomic E-state index is 12.4. The third-order valence-corrected chi connectivity index (χ3v) is 3.59. The van der Waals surface area contributed by atoms with Gasteiger partial charge in [0.05, 0.1) is 6.54 Å². The lowest BCUT2D eigenvalue weighted by Gasteiger charge is -2.32. The topological polar surface area (TPSA) is 49.4 Å². The van der Waals surface area contributed by atoms with Gasteiger partial charge in [0.25, 0.3) is 0 Å². The van der Waals surface area contributed by atoms with Crippen molar-refractivity contribution in [2.45, 2.75) is 38.6 Å². The molecular formula is C16H22N2O2. The summed E-state index contributed by atoms with van der Waals surface area (Å²) in [6, 6.07) is 9.39. The minimum Gasteiger partial charge on any atom is -0.342 e. The van der Waals surface area contributed by atoms with Crippen LogP contribution in [0.5, 0.6) is 0 Å². The second kappa shape index (κ2) is 7.08. The Balaban J connectivity index is 1.97. The van der Waals surface area contributed by atoms with Gasteiger partial charge in [-0.2, -0.15) is 0 Å². The van der Waals surface area contributed by atoms with Crippen LogP contribution < -0.4 is 5.32 Å². The van der Waals surface area contributed by atoms with Gasteiger partial charge in [0, 0.05) is 13.0 Å². The Kier molecular flexibility index (Phi) is 5.16. The molecule has 1 saturated heterocycles. The first-order valence-corrected chi connectivity index (χ1v) is 7.32. The Morgan fingerprint density at radius 3 is 2.65 bits per heavy atom. The molecule has 1 aliphatic rings. The molecule has 108 valence electrons. The summed E-state index contributed by atoms with van der Waals surface area (Å²) in [5.74, 6) is -0.00779. The van der Waals surface area contributed by atoms with E-state index in [2.05, 4.69) is 12.2 Å². The van der Waals surface area contributed by atoms with Gasteiger partial charge in [0.1, 0.15) is 6.04 Å². The summed E-state index contributed by atoms with van der Waals surface area (Å²) in [6.45, 7) is 3.02. The highest BCUT2D eigenvalue weighted by Gasteiger charge is 2.32. The van der Waals surface area contributed by atoms with Crippen LogP contribution in [-0.2, 0) is 16.0 Å². The fourth-order valence-electron chi connectivity index (χ4n) is 2.50. The highest BCUT2D eigenvalue weighted by Crippen LogP contribution is 2.10. The number of carbonyl (C=O) groups excluding carboxylic acids is 2. The standard InChI is InChI=1S/C16H22N2O2/c1-2-3-7-10-18-12-15(19)17-14(16(18)20)11-13-8-5-4-6-9-13/h4-6,8-9,14H,2-3,7,10-12H2,1H3,(H,17,19). The Bertz CT molecular complexity index is 459. The van der Waals surface area contributed by atoms with Gasteiger partial charge in [-0.25, -0.2) is 0 Å². The van der Waals surface area contributed by atoms with E-state index in [0.717, 1.165) is 24.8 Å². The number of carbonyl (C=O) groups is 2. The number of hydrogen-bond donors (Lipinski definition) is 1. The largest absolute Gasteiger partial charge is 0.342 e. The maximum Gasteiger partial charge on any atom is 0.245 e. The fourth-order valence-corrected chi connectivity index (χ4v) is 2.50. The predicted octanol–water partition coefficient (Wildman–Crippen LogP) is 1.75. The smallest absolute Gasteiger partial charge is 0.245 e. The molecular weight excluding hydrogens is 252 g/mol. The lowest BCUT2D eigenvalue weighted by atomic mass is 10.0. The molecule has 0 spiro atoms. The third-order valence-electron chi connectivity index (χ3n) is 3.59. The SMILES string of the molecule is CCCCCN1CC(=O)NC(Cc2ccccc2)C1=O. The van der Waals surface area contributed by atoms with Crippen LogP contribution in [0.4, 0.5) is 0 Å². The van der Waals surface area contributed by atoms with E-state index >= 15 is 0 Å². The predicted molar refractivity (Wildman–Crippen MR) is 78.2 cm³/mol. The first-order chi connectivity index (χ1) is 9.70. The molecule has 0 aliphatic carbocycles. The fraction of sp³-hybridized carbons (Fsp3) is 0.500. The second-order valence-electron chi connectivity index (χ2n) is 5.28. The van der Waals surface area contributed by atoms with Crippen LogP contribution in [0.3, 0.4) is 0 Å². The second-order valence-corrected chi connectivity index (χ2v) is 5.28. The average Bonchev–Trinajstić information content (AvgIpc) is 2.45. The summed E-state index contributed by atoms with van der Waals surface area (Å²) in [5.41, 5.74) is 1.07. The zero-order chi connectivity index (χ0) is 14.4. The van der Waals surface area contributed by atoms with Crippen molar-refractivity contribution in [2.75, 3.05) is 13.1 Å². The van der Waals surface area contributed by atoms with Crippen LogP contribution in [0, 0.1) is 0 Å². The number of rotatable bonds is 6. The molecule has 0 aromatic heterocycles. The third kappa shape index (κ3) is 3.83. The number of amides is 2. The van der Waals surface area contributed by atoms with E-state index in [1.165, 1.54) is 0 Å². The molecule has 0 saturated carbocycles. The minimum absolute atomic E-state index is 0.0459. The monoisotopic (exact) mass is 274 g/mol. The Hall–Kier alpha value is -1.84. The summed E-state index contributed by atoms with van der Waals surface area (Å²) >= 11 is 0. The number of unbranched alkanes of at least 4 members (excludes halogenated alkanes) is 2. The van der Waals surface area contributed by atoms with Crippen molar-refractivity contribution in [1.29, 1.82) is 0 Å². The molecule has 1 heterocycles. The van der Waals surface area contributed by atoms with Gasteiger partial charge in [-0.05, 0) is 12.0 Å². The molecule has 2 amide bonds. The van der Waals surface area contributed by atoms with Crippen LogP contribution >= 0.6 is 0 Å². The number of nitrogens with zero attached hydrogens (tertiary/aromatic N) is 1. The van der Waals surface area contributed by atoms with Crippen molar-refractivity contribution in [3.8, 4) is 0 Å². The van der Waals surface area contributed by atoms with Crippen LogP contribution in [0.25, 0.3) is 0 Å². The van der Waals surface area contributed by atoms with Crippen LogP contribution in [0.15, 0.2) is 30.3 Å². The lowest BCUT2D eigenvalue weighted by molar-refractivity contribution is -0.144. The van der Waals surface area contributed by atoms with Crippen molar-refractivity contribution in [1.82, 2.24) is 10.2 Å². The van der Waals surface area contributed by atoms with Crippen molar-refractivity contribution >= 4 is 11.8 Å². The number of hydrogen-bond acceptors (Lipinski definition) is 2. The molecule has 1 aromatic carbocycles. The summed E-state index contributed by atoms with van der Waals surface area (Å²) in [7, 11) is 0. The molecule has 1 unspecified atom stereocenters. The molecule has 20 heavy (non-hydrogen) atoms. The highest BCUT2D eigenvalue weighted by atomic mass is 16.2. The first-order valence-electron chi connectivity index (χ1n) is 7.32. The van der Waals surface area contributed by atoms with Crippen molar-refractivity contribution < 1.29 is 9.59 Å². The van der Waals surface area contributed by atoms with E-state index in [-0.39, 0.29) is 18.4 Å². The molecule has 1 fully saturated rings. The minimum atomic E-state index is -0.416. The summed E-state index contributed by atoms with van der Waals surface area (Å²) in [6.07, 6.45) is 3.74. The van der Waals surface area contributed by atoms with Crippen molar-refractivity contribution in [3.05, 3.63) is 35.9 Å². The molecule has 1 atom stereocenters. The number of piperazine rings is 1. The van der Waals surface area contributed by atoms with Crippen molar-refractivity contribution in [2.24, 2.45) is 0 Å². The van der Waals surface area contributed by atoms with Crippen molar-refractivity contribution in [3.63, 3.8) is 0 Å². The number of nitrogens with one attached hydrogen (secondary N) is 1. The molecule has 0 bridgehead atoms. The maximum absolute atomic E-state index is 12.4. The normalized spacial score (nSPS) is 19.1. The Labute approximate surface area is 120 Å². The molecule has 1 aromatic rings. The highest BCUT2D eigenvalue weighted by molar-refractivity contribution is 5.95. The number of benzene rings is 1. The average molecular weight is 274 g/mol. The van der Waals surface area contributed by atoms with Gasteiger partial charge in [-0.15, -0.1) is 0 Å². The van der Waals surface area contributed by atoms with E-state index in [4.69, 9.17) is 0 Å². The van der Waals surface area contributed by atoms with Gasteiger partial charge >= 0.3 is 0 Å². The summed E-state index contributed by atoms with van der Waals surface area (Å²) < 4.78 is 0. The summed E-state index contributed by atoms with van der Waals surface area (Å²) in [5, 5.41) is 2.80.